The summed E-state index contributed by atoms with van der Waals surface area (Å²) in [6.07, 6.45) is 4.75. The Balaban J connectivity index is 1.97. The minimum atomic E-state index is -0.392. The highest BCUT2D eigenvalue weighted by Gasteiger charge is 2.39. The van der Waals surface area contributed by atoms with Gasteiger partial charge in [-0.15, -0.1) is 0 Å². The predicted octanol–water partition coefficient (Wildman–Crippen LogP) is 2.07. The fourth-order valence-electron chi connectivity index (χ4n) is 2.05. The van der Waals surface area contributed by atoms with Gasteiger partial charge in [-0.05, 0) is 25.3 Å². The third-order valence-electron chi connectivity index (χ3n) is 3.31. The molecule has 0 atom stereocenters. The van der Waals surface area contributed by atoms with Crippen LogP contribution in [0.5, 0.6) is 0 Å². The van der Waals surface area contributed by atoms with Gasteiger partial charge >= 0.3 is 0 Å². The average Bonchev–Trinajstić information content (AvgIpc) is 2.81. The zero-order valence-electron chi connectivity index (χ0n) is 9.48. The lowest BCUT2D eigenvalue weighted by Gasteiger charge is -2.34. The minimum Gasteiger partial charge on any atom is -0.345 e. The van der Waals surface area contributed by atoms with E-state index in [4.69, 9.17) is 21.9 Å². The van der Waals surface area contributed by atoms with Crippen LogP contribution in [0.4, 0.5) is 0 Å². The van der Waals surface area contributed by atoms with Gasteiger partial charge in [0, 0.05) is 13.2 Å². The van der Waals surface area contributed by atoms with Crippen LogP contribution in [-0.2, 0) is 12.6 Å². The average molecular weight is 253 g/mol. The fourth-order valence-corrected chi connectivity index (χ4v) is 2.30. The van der Waals surface area contributed by atoms with Crippen molar-refractivity contribution in [3.63, 3.8) is 0 Å². The van der Waals surface area contributed by atoms with Crippen molar-refractivity contribution in [2.24, 2.45) is 12.8 Å². The Morgan fingerprint density at radius 1 is 1.53 bits per heavy atom. The van der Waals surface area contributed by atoms with E-state index in [0.717, 1.165) is 25.0 Å². The van der Waals surface area contributed by atoms with Crippen LogP contribution >= 0.6 is 11.6 Å². The summed E-state index contributed by atoms with van der Waals surface area (Å²) in [5.74, 6) is 1.06. The third kappa shape index (κ3) is 1.66. The summed E-state index contributed by atoms with van der Waals surface area (Å²) in [5, 5.41) is 4.62. The molecule has 2 heterocycles. The lowest BCUT2D eigenvalue weighted by Crippen LogP contribution is -2.44. The molecule has 17 heavy (non-hydrogen) atoms. The van der Waals surface area contributed by atoms with Crippen molar-refractivity contribution in [2.45, 2.75) is 24.8 Å². The van der Waals surface area contributed by atoms with Crippen LogP contribution in [0.1, 0.15) is 25.1 Å². The Morgan fingerprint density at radius 3 is 2.82 bits per heavy atom. The lowest BCUT2D eigenvalue weighted by molar-refractivity contribution is 0.229. The molecule has 0 aromatic carbocycles. The van der Waals surface area contributed by atoms with Gasteiger partial charge in [0.15, 0.2) is 5.82 Å². The van der Waals surface area contributed by atoms with E-state index in [-0.39, 0.29) is 0 Å². The number of aryl methyl sites for hydroxylation is 1. The highest BCUT2D eigenvalue weighted by atomic mass is 35.5. The van der Waals surface area contributed by atoms with Crippen LogP contribution < -0.4 is 5.73 Å². The maximum absolute atomic E-state index is 6.14. The summed E-state index contributed by atoms with van der Waals surface area (Å²) < 4.78 is 7.10. The van der Waals surface area contributed by atoms with Gasteiger partial charge in [0.2, 0.25) is 0 Å². The van der Waals surface area contributed by atoms with Crippen LogP contribution in [-0.4, -0.2) is 14.7 Å². The van der Waals surface area contributed by atoms with E-state index < -0.39 is 5.54 Å². The molecular weight excluding hydrogens is 240 g/mol. The number of hydrogen-bond donors (Lipinski definition) is 1. The maximum Gasteiger partial charge on any atom is 0.274 e. The summed E-state index contributed by atoms with van der Waals surface area (Å²) in [5.41, 5.74) is 6.55. The molecule has 1 aliphatic carbocycles. The molecule has 0 unspecified atom stereocenters. The quantitative estimate of drug-likeness (QED) is 0.888. The zero-order chi connectivity index (χ0) is 12.0. The molecule has 0 amide bonds. The van der Waals surface area contributed by atoms with Crippen molar-refractivity contribution >= 4 is 11.6 Å². The first-order valence-electron chi connectivity index (χ1n) is 5.54. The first kappa shape index (κ1) is 10.8. The summed E-state index contributed by atoms with van der Waals surface area (Å²) in [4.78, 5) is 4.37. The van der Waals surface area contributed by atoms with E-state index in [1.807, 2.05) is 11.6 Å². The van der Waals surface area contributed by atoms with Crippen molar-refractivity contribution in [1.82, 2.24) is 14.7 Å². The highest BCUT2D eigenvalue weighted by Crippen LogP contribution is 2.37. The molecule has 1 aliphatic rings. The summed E-state index contributed by atoms with van der Waals surface area (Å²) in [6.45, 7) is 0. The normalized spacial score (nSPS) is 18.1. The molecule has 6 heteroatoms. The fraction of sp³-hybridized carbons (Fsp3) is 0.455. The molecule has 3 rings (SSSR count). The molecule has 5 nitrogen and oxygen atoms in total. The SMILES string of the molecule is Cn1cc(Cl)cc1-c1nc(C2(N)CCC2)no1. The maximum atomic E-state index is 6.14. The van der Waals surface area contributed by atoms with E-state index in [1.54, 1.807) is 12.3 Å². The lowest BCUT2D eigenvalue weighted by atomic mass is 9.77. The second-order valence-corrected chi connectivity index (χ2v) is 5.02. The van der Waals surface area contributed by atoms with Gasteiger partial charge in [-0.1, -0.05) is 16.8 Å². The molecular formula is C11H13ClN4O. The Morgan fingerprint density at radius 2 is 2.29 bits per heavy atom. The van der Waals surface area contributed by atoms with Crippen LogP contribution in [0.15, 0.2) is 16.8 Å². The molecule has 1 fully saturated rings. The van der Waals surface area contributed by atoms with Crippen LogP contribution in [0.2, 0.25) is 5.02 Å². The van der Waals surface area contributed by atoms with E-state index in [2.05, 4.69) is 10.1 Å². The number of nitrogens with two attached hydrogens (primary N) is 1. The summed E-state index contributed by atoms with van der Waals surface area (Å²) in [6, 6.07) is 1.79. The van der Waals surface area contributed by atoms with E-state index in [9.17, 15) is 0 Å². The third-order valence-corrected chi connectivity index (χ3v) is 3.51. The molecule has 0 radical (unpaired) electrons. The van der Waals surface area contributed by atoms with Crippen molar-refractivity contribution in [3.05, 3.63) is 23.1 Å². The monoisotopic (exact) mass is 252 g/mol. The van der Waals surface area contributed by atoms with Crippen LogP contribution in [0.25, 0.3) is 11.6 Å². The molecule has 2 aromatic rings. The van der Waals surface area contributed by atoms with Crippen molar-refractivity contribution in [2.75, 3.05) is 0 Å². The number of hydrogen-bond acceptors (Lipinski definition) is 4. The Bertz CT molecular complexity index is 556. The second-order valence-electron chi connectivity index (χ2n) is 4.59. The smallest absolute Gasteiger partial charge is 0.274 e. The first-order valence-corrected chi connectivity index (χ1v) is 5.92. The number of halogens is 1. The van der Waals surface area contributed by atoms with Crippen LogP contribution in [0, 0.1) is 0 Å². The molecule has 2 N–H and O–H groups in total. The zero-order valence-corrected chi connectivity index (χ0v) is 10.2. The molecule has 0 spiro atoms. The Labute approximate surface area is 104 Å². The highest BCUT2D eigenvalue weighted by molar-refractivity contribution is 6.30. The Hall–Kier alpha value is -1.33. The van der Waals surface area contributed by atoms with Crippen LogP contribution in [0.3, 0.4) is 0 Å². The topological polar surface area (TPSA) is 69.9 Å². The molecule has 0 saturated heterocycles. The van der Waals surface area contributed by atoms with Gasteiger partial charge in [-0.25, -0.2) is 0 Å². The Kier molecular flexibility index (Phi) is 2.27. The number of nitrogens with zero attached hydrogens (tertiary/aromatic N) is 3. The largest absolute Gasteiger partial charge is 0.345 e. The number of rotatable bonds is 2. The number of aromatic nitrogens is 3. The standard InChI is InChI=1S/C11H13ClN4O/c1-16-6-7(12)5-8(16)9-14-10(15-17-9)11(13)3-2-4-11/h5-6H,2-4,13H2,1H3. The minimum absolute atomic E-state index is 0.392. The van der Waals surface area contributed by atoms with Gasteiger partial charge in [0.25, 0.3) is 5.89 Å². The molecule has 0 aliphatic heterocycles. The molecule has 90 valence electrons. The van der Waals surface area contributed by atoms with Gasteiger partial charge < -0.3 is 14.8 Å². The van der Waals surface area contributed by atoms with E-state index in [0.29, 0.717) is 16.7 Å². The van der Waals surface area contributed by atoms with Gasteiger partial charge in [0.05, 0.1) is 10.6 Å². The molecule has 1 saturated carbocycles. The summed E-state index contributed by atoms with van der Waals surface area (Å²) >= 11 is 5.92. The van der Waals surface area contributed by atoms with E-state index >= 15 is 0 Å². The van der Waals surface area contributed by atoms with Gasteiger partial charge in [0.1, 0.15) is 5.69 Å². The van der Waals surface area contributed by atoms with E-state index in [1.165, 1.54) is 0 Å². The van der Waals surface area contributed by atoms with Crippen molar-refractivity contribution in [1.29, 1.82) is 0 Å². The first-order chi connectivity index (χ1) is 8.08. The summed E-state index contributed by atoms with van der Waals surface area (Å²) in [7, 11) is 1.88. The van der Waals surface area contributed by atoms with Crippen molar-refractivity contribution in [3.8, 4) is 11.6 Å². The van der Waals surface area contributed by atoms with Gasteiger partial charge in [-0.3, -0.25) is 0 Å². The predicted molar refractivity (Wildman–Crippen MR) is 63.4 cm³/mol. The second kappa shape index (κ2) is 3.58. The van der Waals surface area contributed by atoms with Gasteiger partial charge in [-0.2, -0.15) is 4.98 Å². The van der Waals surface area contributed by atoms with Crippen molar-refractivity contribution < 1.29 is 4.52 Å². The molecule has 2 aromatic heterocycles. The molecule has 0 bridgehead atoms.